The van der Waals surface area contributed by atoms with Gasteiger partial charge in [-0.1, -0.05) is 6.92 Å². The van der Waals surface area contributed by atoms with E-state index in [-0.39, 0.29) is 5.92 Å². The molecule has 1 fully saturated rings. The Bertz CT molecular complexity index is 239. The Morgan fingerprint density at radius 2 is 1.79 bits per heavy atom. The second-order valence-corrected chi connectivity index (χ2v) is 4.05. The van der Waals surface area contributed by atoms with Crippen molar-refractivity contribution in [2.45, 2.75) is 39.0 Å². The van der Waals surface area contributed by atoms with Crippen LogP contribution >= 0.6 is 0 Å². The van der Waals surface area contributed by atoms with E-state index in [0.29, 0.717) is 32.1 Å². The fourth-order valence-electron chi connectivity index (χ4n) is 2.14. The quantitative estimate of drug-likeness (QED) is 0.727. The molecule has 0 bridgehead atoms. The van der Waals surface area contributed by atoms with Crippen LogP contribution in [0.15, 0.2) is 0 Å². The Hall–Kier alpha value is -1.06. The number of hydrogen-bond acceptors (Lipinski definition) is 2. The van der Waals surface area contributed by atoms with Gasteiger partial charge in [0.25, 0.3) is 0 Å². The minimum absolute atomic E-state index is 0.339. The van der Waals surface area contributed by atoms with Crippen LogP contribution in [0, 0.1) is 11.3 Å². The van der Waals surface area contributed by atoms with E-state index in [0.717, 1.165) is 0 Å². The lowest BCUT2D eigenvalue weighted by Crippen LogP contribution is -2.36. The molecule has 0 heterocycles. The summed E-state index contributed by atoms with van der Waals surface area (Å²) in [5.41, 5.74) is -0.661. The van der Waals surface area contributed by atoms with Gasteiger partial charge < -0.3 is 10.2 Å². The Morgan fingerprint density at radius 3 is 2.07 bits per heavy atom. The first-order valence-electron chi connectivity index (χ1n) is 4.98. The molecular formula is C10H16O4. The fraction of sp³-hybridized carbons (Fsp3) is 0.800. The van der Waals surface area contributed by atoms with Crippen LogP contribution in [0.25, 0.3) is 0 Å². The summed E-state index contributed by atoms with van der Waals surface area (Å²) >= 11 is 0. The first-order chi connectivity index (χ1) is 6.52. The van der Waals surface area contributed by atoms with Gasteiger partial charge in [-0.25, -0.2) is 0 Å². The van der Waals surface area contributed by atoms with Gasteiger partial charge in [-0.05, 0) is 32.1 Å². The van der Waals surface area contributed by atoms with Gasteiger partial charge in [-0.2, -0.15) is 0 Å². The Morgan fingerprint density at radius 1 is 1.29 bits per heavy atom. The van der Waals surface area contributed by atoms with E-state index in [1.807, 2.05) is 6.92 Å². The molecule has 1 saturated carbocycles. The Kier molecular flexibility index (Phi) is 3.13. The summed E-state index contributed by atoms with van der Waals surface area (Å²) in [4.78, 5) is 21.7. The average Bonchev–Trinajstić information content (AvgIpc) is 2.17. The summed E-state index contributed by atoms with van der Waals surface area (Å²) in [6.07, 6.45) is 2.57. The van der Waals surface area contributed by atoms with Crippen molar-refractivity contribution in [1.82, 2.24) is 0 Å². The van der Waals surface area contributed by atoms with Crippen LogP contribution in [0.5, 0.6) is 0 Å². The Labute approximate surface area is 82.9 Å². The van der Waals surface area contributed by atoms with Crippen molar-refractivity contribution in [3.05, 3.63) is 0 Å². The van der Waals surface area contributed by atoms with Crippen molar-refractivity contribution in [2.75, 3.05) is 0 Å². The molecule has 80 valence electrons. The third-order valence-electron chi connectivity index (χ3n) is 3.42. The van der Waals surface area contributed by atoms with Crippen LogP contribution in [-0.2, 0) is 9.59 Å². The second kappa shape index (κ2) is 3.98. The van der Waals surface area contributed by atoms with E-state index < -0.39 is 17.4 Å². The first kappa shape index (κ1) is 11.0. The van der Waals surface area contributed by atoms with Crippen LogP contribution in [0.4, 0.5) is 0 Å². The molecule has 0 aromatic carbocycles. The summed E-state index contributed by atoms with van der Waals surface area (Å²) in [5.74, 6) is -1.90. The molecule has 1 aliphatic rings. The minimum atomic E-state index is -0.792. The van der Waals surface area contributed by atoms with Crippen molar-refractivity contribution in [1.29, 1.82) is 0 Å². The van der Waals surface area contributed by atoms with Crippen LogP contribution in [0.3, 0.4) is 0 Å². The molecule has 1 aliphatic carbocycles. The van der Waals surface area contributed by atoms with Crippen LogP contribution < -0.4 is 0 Å². The first-order valence-corrected chi connectivity index (χ1v) is 4.98. The SMILES string of the molecule is CC[C@]1(C(=O)O)CC[C@H](C(=O)O)CC1. The molecule has 0 aliphatic heterocycles. The van der Waals surface area contributed by atoms with E-state index in [1.165, 1.54) is 0 Å². The number of carboxylic acid groups (broad SMARTS) is 2. The molecule has 0 saturated heterocycles. The topological polar surface area (TPSA) is 74.6 Å². The van der Waals surface area contributed by atoms with Crippen LogP contribution in [0.2, 0.25) is 0 Å². The highest BCUT2D eigenvalue weighted by atomic mass is 16.4. The van der Waals surface area contributed by atoms with Gasteiger partial charge in [0.05, 0.1) is 11.3 Å². The van der Waals surface area contributed by atoms with Crippen molar-refractivity contribution >= 4 is 11.9 Å². The average molecular weight is 200 g/mol. The summed E-state index contributed by atoms with van der Waals surface area (Å²) in [6.45, 7) is 1.86. The summed E-state index contributed by atoms with van der Waals surface area (Å²) < 4.78 is 0. The molecule has 2 N–H and O–H groups in total. The zero-order valence-corrected chi connectivity index (χ0v) is 8.32. The van der Waals surface area contributed by atoms with E-state index in [1.54, 1.807) is 0 Å². The zero-order valence-electron chi connectivity index (χ0n) is 8.32. The van der Waals surface area contributed by atoms with Gasteiger partial charge in [0.15, 0.2) is 0 Å². The maximum atomic E-state index is 11.0. The normalized spacial score (nSPS) is 32.5. The third-order valence-corrected chi connectivity index (χ3v) is 3.42. The molecule has 4 heteroatoms. The minimum Gasteiger partial charge on any atom is -0.481 e. The Balaban J connectivity index is 2.64. The van der Waals surface area contributed by atoms with Crippen LogP contribution in [0.1, 0.15) is 39.0 Å². The highest BCUT2D eigenvalue weighted by Crippen LogP contribution is 2.41. The number of hydrogen-bond donors (Lipinski definition) is 2. The van der Waals surface area contributed by atoms with E-state index in [2.05, 4.69) is 0 Å². The van der Waals surface area contributed by atoms with Gasteiger partial charge in [0, 0.05) is 0 Å². The lowest BCUT2D eigenvalue weighted by molar-refractivity contribution is -0.155. The van der Waals surface area contributed by atoms with Gasteiger partial charge >= 0.3 is 11.9 Å². The lowest BCUT2D eigenvalue weighted by atomic mass is 9.69. The fourth-order valence-corrected chi connectivity index (χ4v) is 2.14. The standard InChI is InChI=1S/C10H16O4/c1-2-10(9(13)14)5-3-7(4-6-10)8(11)12/h7H,2-6H2,1H3,(H,11,12)(H,13,14)/t7-,10-. The molecule has 0 aromatic rings. The molecule has 1 rings (SSSR count). The number of carboxylic acids is 2. The van der Waals surface area contributed by atoms with Crippen molar-refractivity contribution in [2.24, 2.45) is 11.3 Å². The highest BCUT2D eigenvalue weighted by Gasteiger charge is 2.41. The zero-order chi connectivity index (χ0) is 10.8. The molecule has 0 unspecified atom stereocenters. The smallest absolute Gasteiger partial charge is 0.309 e. The molecule has 14 heavy (non-hydrogen) atoms. The second-order valence-electron chi connectivity index (χ2n) is 4.05. The van der Waals surface area contributed by atoms with Gasteiger partial charge in [0.1, 0.15) is 0 Å². The largest absolute Gasteiger partial charge is 0.481 e. The molecule has 0 atom stereocenters. The van der Waals surface area contributed by atoms with Gasteiger partial charge in [0.2, 0.25) is 0 Å². The maximum Gasteiger partial charge on any atom is 0.309 e. The third kappa shape index (κ3) is 1.89. The summed E-state index contributed by atoms with van der Waals surface area (Å²) in [6, 6.07) is 0. The van der Waals surface area contributed by atoms with Gasteiger partial charge in [-0.3, -0.25) is 9.59 Å². The predicted molar refractivity (Wildman–Crippen MR) is 50.0 cm³/mol. The molecule has 0 radical (unpaired) electrons. The van der Waals surface area contributed by atoms with Gasteiger partial charge in [-0.15, -0.1) is 0 Å². The van der Waals surface area contributed by atoms with Crippen molar-refractivity contribution in [3.63, 3.8) is 0 Å². The molecule has 0 amide bonds. The van der Waals surface area contributed by atoms with Crippen molar-refractivity contribution < 1.29 is 19.8 Å². The highest BCUT2D eigenvalue weighted by molar-refractivity contribution is 5.76. The van der Waals surface area contributed by atoms with Crippen LogP contribution in [-0.4, -0.2) is 22.2 Å². The number of carbonyl (C=O) groups is 2. The molecule has 4 nitrogen and oxygen atoms in total. The summed E-state index contributed by atoms with van der Waals surface area (Å²) in [7, 11) is 0. The van der Waals surface area contributed by atoms with E-state index in [9.17, 15) is 9.59 Å². The maximum absolute atomic E-state index is 11.0. The lowest BCUT2D eigenvalue weighted by Gasteiger charge is -2.34. The van der Waals surface area contributed by atoms with Crippen molar-refractivity contribution in [3.8, 4) is 0 Å². The monoisotopic (exact) mass is 200 g/mol. The molecule has 0 aromatic heterocycles. The summed E-state index contributed by atoms with van der Waals surface area (Å²) in [5, 5.41) is 17.8. The number of aliphatic carboxylic acids is 2. The van der Waals surface area contributed by atoms with E-state index in [4.69, 9.17) is 10.2 Å². The molecule has 0 spiro atoms. The predicted octanol–water partition coefficient (Wildman–Crippen LogP) is 1.74. The molecular weight excluding hydrogens is 184 g/mol. The van der Waals surface area contributed by atoms with E-state index >= 15 is 0 Å². The number of rotatable bonds is 3.